The average molecular weight is 274 g/mol. The second-order valence-corrected chi connectivity index (χ2v) is 3.92. The Kier molecular flexibility index (Phi) is 4.01. The fourth-order valence-electron chi connectivity index (χ4n) is 1.59. The van der Waals surface area contributed by atoms with E-state index >= 15 is 0 Å². The molecule has 102 valence electrons. The number of halogens is 1. The minimum Gasteiger partial charge on any atom is -0.463 e. The van der Waals surface area contributed by atoms with Crippen LogP contribution in [0.25, 0.3) is 0 Å². The predicted octanol–water partition coefficient (Wildman–Crippen LogP) is 2.69. The molecule has 0 fully saturated rings. The number of methoxy groups -OCH3 is 1. The van der Waals surface area contributed by atoms with Crippen LogP contribution in [-0.4, -0.2) is 13.1 Å². The molecule has 0 spiro atoms. The molecule has 1 aromatic carbocycles. The fourth-order valence-corrected chi connectivity index (χ4v) is 1.59. The van der Waals surface area contributed by atoms with Gasteiger partial charge in [0.2, 0.25) is 5.76 Å². The van der Waals surface area contributed by atoms with E-state index in [4.69, 9.17) is 9.68 Å². The molecule has 0 radical (unpaired) electrons. The number of carbonyl (C=O) groups is 1. The largest absolute Gasteiger partial charge is 0.463 e. The lowest BCUT2D eigenvalue weighted by Gasteiger charge is -2.05. The smallest absolute Gasteiger partial charge is 0.373 e. The number of hydrogen-bond donors (Lipinski definition) is 1. The highest BCUT2D eigenvalue weighted by Crippen LogP contribution is 2.16. The molecule has 0 atom stereocenters. The van der Waals surface area contributed by atoms with Gasteiger partial charge in [0.05, 0.1) is 19.2 Å². The summed E-state index contributed by atoms with van der Waals surface area (Å²) in [6.45, 7) is 0.299. The van der Waals surface area contributed by atoms with Gasteiger partial charge in [-0.25, -0.2) is 9.18 Å². The SMILES string of the molecule is COC(=O)c1ccc(CNc2ccc(F)c(C#N)c2)o1. The van der Waals surface area contributed by atoms with Gasteiger partial charge in [-0.15, -0.1) is 0 Å². The number of esters is 1. The quantitative estimate of drug-likeness (QED) is 0.867. The molecule has 0 aliphatic heterocycles. The van der Waals surface area contributed by atoms with Crippen molar-refractivity contribution < 1.29 is 18.3 Å². The van der Waals surface area contributed by atoms with E-state index in [1.807, 2.05) is 0 Å². The van der Waals surface area contributed by atoms with E-state index in [0.29, 0.717) is 18.0 Å². The van der Waals surface area contributed by atoms with Gasteiger partial charge in [0.1, 0.15) is 17.6 Å². The van der Waals surface area contributed by atoms with Crippen molar-refractivity contribution in [3.8, 4) is 6.07 Å². The van der Waals surface area contributed by atoms with Gasteiger partial charge in [-0.3, -0.25) is 0 Å². The van der Waals surface area contributed by atoms with E-state index in [0.717, 1.165) is 0 Å². The highest BCUT2D eigenvalue weighted by atomic mass is 19.1. The fraction of sp³-hybridized carbons (Fsp3) is 0.143. The van der Waals surface area contributed by atoms with Gasteiger partial charge < -0.3 is 14.5 Å². The van der Waals surface area contributed by atoms with Crippen LogP contribution >= 0.6 is 0 Å². The summed E-state index contributed by atoms with van der Waals surface area (Å²) in [6, 6.07) is 9.03. The zero-order valence-electron chi connectivity index (χ0n) is 10.6. The minimum atomic E-state index is -0.566. The first-order chi connectivity index (χ1) is 9.63. The summed E-state index contributed by atoms with van der Waals surface area (Å²) in [5.74, 6) is -0.483. The number of nitrogens with one attached hydrogen (secondary N) is 1. The van der Waals surface area contributed by atoms with Crippen LogP contribution in [0.1, 0.15) is 21.9 Å². The van der Waals surface area contributed by atoms with E-state index < -0.39 is 11.8 Å². The molecule has 6 heteroatoms. The third-order valence-corrected chi connectivity index (χ3v) is 2.60. The Morgan fingerprint density at radius 1 is 1.45 bits per heavy atom. The number of benzene rings is 1. The second kappa shape index (κ2) is 5.89. The molecule has 0 saturated heterocycles. The summed E-state index contributed by atoms with van der Waals surface area (Å²) in [5.41, 5.74) is 0.545. The van der Waals surface area contributed by atoms with Crippen LogP contribution in [0.3, 0.4) is 0 Å². The normalized spacial score (nSPS) is 9.85. The van der Waals surface area contributed by atoms with Gasteiger partial charge >= 0.3 is 5.97 Å². The van der Waals surface area contributed by atoms with Crippen LogP contribution in [0.4, 0.5) is 10.1 Å². The van der Waals surface area contributed by atoms with Gasteiger partial charge in [0, 0.05) is 5.69 Å². The lowest BCUT2D eigenvalue weighted by atomic mass is 10.2. The molecular formula is C14H11FN2O3. The summed E-state index contributed by atoms with van der Waals surface area (Å²) in [5, 5.41) is 11.7. The summed E-state index contributed by atoms with van der Waals surface area (Å²) >= 11 is 0. The maximum absolute atomic E-state index is 13.1. The molecule has 20 heavy (non-hydrogen) atoms. The second-order valence-electron chi connectivity index (χ2n) is 3.92. The van der Waals surface area contributed by atoms with Gasteiger partial charge in [-0.1, -0.05) is 0 Å². The summed E-state index contributed by atoms with van der Waals surface area (Å²) < 4.78 is 22.9. The average Bonchev–Trinajstić information content (AvgIpc) is 2.94. The Bertz CT molecular complexity index is 673. The zero-order chi connectivity index (χ0) is 14.5. The maximum atomic E-state index is 13.1. The highest BCUT2D eigenvalue weighted by molar-refractivity contribution is 5.86. The van der Waals surface area contributed by atoms with E-state index in [-0.39, 0.29) is 11.3 Å². The molecule has 0 aliphatic rings. The Labute approximate surface area is 114 Å². The zero-order valence-corrected chi connectivity index (χ0v) is 10.6. The monoisotopic (exact) mass is 274 g/mol. The first-order valence-electron chi connectivity index (χ1n) is 5.74. The van der Waals surface area contributed by atoms with Gasteiger partial charge in [0.25, 0.3) is 0 Å². The van der Waals surface area contributed by atoms with Crippen LogP contribution < -0.4 is 5.32 Å². The van der Waals surface area contributed by atoms with Crippen molar-refractivity contribution in [2.45, 2.75) is 6.54 Å². The molecular weight excluding hydrogens is 263 g/mol. The third-order valence-electron chi connectivity index (χ3n) is 2.60. The lowest BCUT2D eigenvalue weighted by molar-refractivity contribution is 0.0563. The number of nitriles is 1. The molecule has 0 amide bonds. The number of hydrogen-bond acceptors (Lipinski definition) is 5. The Morgan fingerprint density at radius 3 is 2.95 bits per heavy atom. The van der Waals surface area contributed by atoms with Crippen molar-refractivity contribution in [3.05, 3.63) is 53.2 Å². The predicted molar refractivity (Wildman–Crippen MR) is 68.5 cm³/mol. The van der Waals surface area contributed by atoms with Gasteiger partial charge in [-0.05, 0) is 30.3 Å². The first-order valence-corrected chi connectivity index (χ1v) is 5.74. The molecule has 0 aliphatic carbocycles. The molecule has 2 rings (SSSR count). The van der Waals surface area contributed by atoms with Crippen molar-refractivity contribution in [2.24, 2.45) is 0 Å². The van der Waals surface area contributed by atoms with Crippen molar-refractivity contribution in [3.63, 3.8) is 0 Å². The molecule has 5 nitrogen and oxygen atoms in total. The molecule has 0 bridgehead atoms. The van der Waals surface area contributed by atoms with Crippen LogP contribution in [-0.2, 0) is 11.3 Å². The third kappa shape index (κ3) is 2.95. The number of rotatable bonds is 4. The van der Waals surface area contributed by atoms with Crippen molar-refractivity contribution in [1.29, 1.82) is 5.26 Å². The lowest BCUT2D eigenvalue weighted by Crippen LogP contribution is -2.00. The molecule has 1 aromatic heterocycles. The van der Waals surface area contributed by atoms with Crippen LogP contribution in [0, 0.1) is 17.1 Å². The maximum Gasteiger partial charge on any atom is 0.373 e. The number of furan rings is 1. The van der Waals surface area contributed by atoms with Crippen LogP contribution in [0.2, 0.25) is 0 Å². The number of anilines is 1. The Balaban J connectivity index is 2.04. The van der Waals surface area contributed by atoms with Gasteiger partial charge in [-0.2, -0.15) is 5.26 Å². The highest BCUT2D eigenvalue weighted by Gasteiger charge is 2.11. The Hall–Kier alpha value is -2.81. The first kappa shape index (κ1) is 13.6. The van der Waals surface area contributed by atoms with E-state index in [1.165, 1.54) is 31.4 Å². The van der Waals surface area contributed by atoms with E-state index in [1.54, 1.807) is 12.1 Å². The van der Waals surface area contributed by atoms with E-state index in [2.05, 4.69) is 10.1 Å². The van der Waals surface area contributed by atoms with Crippen LogP contribution in [0.15, 0.2) is 34.7 Å². The van der Waals surface area contributed by atoms with Gasteiger partial charge in [0.15, 0.2) is 0 Å². The topological polar surface area (TPSA) is 75.3 Å². The van der Waals surface area contributed by atoms with Crippen LogP contribution in [0.5, 0.6) is 0 Å². The molecule has 0 saturated carbocycles. The Morgan fingerprint density at radius 2 is 2.25 bits per heavy atom. The number of nitrogens with zero attached hydrogens (tertiary/aromatic N) is 1. The number of ether oxygens (including phenoxy) is 1. The summed E-state index contributed by atoms with van der Waals surface area (Å²) in [4.78, 5) is 11.2. The summed E-state index contributed by atoms with van der Waals surface area (Å²) in [7, 11) is 1.27. The van der Waals surface area contributed by atoms with Crippen molar-refractivity contribution in [2.75, 3.05) is 12.4 Å². The minimum absolute atomic E-state index is 0.0373. The molecule has 1 heterocycles. The standard InChI is InChI=1S/C14H11FN2O3/c1-19-14(18)13-5-3-11(20-13)8-17-10-2-4-12(15)9(6-10)7-16/h2-6,17H,8H2,1H3. The molecule has 2 aromatic rings. The van der Waals surface area contributed by atoms with E-state index in [9.17, 15) is 9.18 Å². The number of carbonyl (C=O) groups excluding carboxylic acids is 1. The molecule has 1 N–H and O–H groups in total. The molecule has 0 unspecified atom stereocenters. The van der Waals surface area contributed by atoms with Crippen molar-refractivity contribution >= 4 is 11.7 Å². The van der Waals surface area contributed by atoms with Crippen molar-refractivity contribution in [1.82, 2.24) is 0 Å². The summed E-state index contributed by atoms with van der Waals surface area (Å²) in [6.07, 6.45) is 0.